The summed E-state index contributed by atoms with van der Waals surface area (Å²) in [7, 11) is 0. The van der Waals surface area contributed by atoms with Gasteiger partial charge >= 0.3 is 51.4 Å². The maximum absolute atomic E-state index is 2.23. The summed E-state index contributed by atoms with van der Waals surface area (Å²) < 4.78 is 0. The van der Waals surface area contributed by atoms with E-state index in [1.54, 1.807) is 0 Å². The summed E-state index contributed by atoms with van der Waals surface area (Å²) in [5, 5.41) is 2.13. The second kappa shape index (κ2) is 4.38. The molecule has 0 atom stereocenters. The Morgan fingerprint density at radius 2 is 1.90 bits per heavy atom. The Morgan fingerprint density at radius 3 is 2.10 bits per heavy atom. The second-order valence-electron chi connectivity index (χ2n) is 3.23. The molecule has 0 radical (unpaired) electrons. The van der Waals surface area contributed by atoms with Gasteiger partial charge < -0.3 is 0 Å². The van der Waals surface area contributed by atoms with Crippen molar-refractivity contribution in [2.45, 2.75) is 26.2 Å². The van der Waals surface area contributed by atoms with E-state index in [2.05, 4.69) is 38.3 Å². The molecule has 0 N–H and O–H groups in total. The van der Waals surface area contributed by atoms with E-state index in [0.717, 1.165) is 0 Å². The summed E-state index contributed by atoms with van der Waals surface area (Å²) in [6.07, 6.45) is 0. The molecule has 0 nitrogen and oxygen atoms in total. The Labute approximate surface area is 109 Å². The van der Waals surface area contributed by atoms with E-state index in [-0.39, 0.29) is 51.4 Å². The first kappa shape index (κ1) is 11.3. The maximum atomic E-state index is 2.23. The Kier molecular flexibility index (Phi) is 4.97. The SMILES string of the molecule is CC(C)(C)c1cccs1.[KH]. The first-order valence-electron chi connectivity index (χ1n) is 3.15. The molecule has 0 aliphatic rings. The Hall–Kier alpha value is 1.34. The van der Waals surface area contributed by atoms with Gasteiger partial charge in [0, 0.05) is 4.88 Å². The van der Waals surface area contributed by atoms with Crippen LogP contribution in [0.1, 0.15) is 25.6 Å². The summed E-state index contributed by atoms with van der Waals surface area (Å²) >= 11 is 1.83. The standard InChI is InChI=1S/C8H12S.K.H/c1-8(2,3)7-5-4-6-9-7;;/h4-6H,1-3H3;;. The first-order valence-corrected chi connectivity index (χ1v) is 4.02. The zero-order valence-electron chi connectivity index (χ0n) is 6.14. The molecule has 1 rings (SSSR count). The molecule has 0 aliphatic heterocycles. The van der Waals surface area contributed by atoms with E-state index in [9.17, 15) is 0 Å². The number of hydrogen-bond acceptors (Lipinski definition) is 1. The number of hydrogen-bond donors (Lipinski definition) is 0. The number of rotatable bonds is 0. The van der Waals surface area contributed by atoms with E-state index >= 15 is 0 Å². The molecule has 0 aliphatic carbocycles. The van der Waals surface area contributed by atoms with Crippen LogP contribution in [0.2, 0.25) is 0 Å². The third-order valence-electron chi connectivity index (χ3n) is 1.26. The molecule has 1 aromatic rings. The van der Waals surface area contributed by atoms with Crippen LogP contribution in [0.3, 0.4) is 0 Å². The van der Waals surface area contributed by atoms with Crippen LogP contribution in [0.15, 0.2) is 17.5 Å². The van der Waals surface area contributed by atoms with Gasteiger partial charge in [0.25, 0.3) is 0 Å². The molecule has 52 valence electrons. The minimum absolute atomic E-state index is 0. The average molecular weight is 180 g/mol. The van der Waals surface area contributed by atoms with Gasteiger partial charge in [-0.3, -0.25) is 0 Å². The molecule has 0 bridgehead atoms. The van der Waals surface area contributed by atoms with Crippen molar-refractivity contribution in [3.8, 4) is 0 Å². The molecule has 0 unspecified atom stereocenters. The topological polar surface area (TPSA) is 0 Å². The van der Waals surface area contributed by atoms with Gasteiger partial charge in [0.15, 0.2) is 0 Å². The summed E-state index contributed by atoms with van der Waals surface area (Å²) in [5.74, 6) is 0. The molecule has 1 aromatic heterocycles. The van der Waals surface area contributed by atoms with Gasteiger partial charge in [0.1, 0.15) is 0 Å². The van der Waals surface area contributed by atoms with Crippen molar-refractivity contribution < 1.29 is 0 Å². The van der Waals surface area contributed by atoms with E-state index < -0.39 is 0 Å². The third kappa shape index (κ3) is 3.16. The van der Waals surface area contributed by atoms with Crippen LogP contribution in [-0.2, 0) is 5.41 Å². The minimum atomic E-state index is 0. The van der Waals surface area contributed by atoms with Crippen molar-refractivity contribution in [1.29, 1.82) is 0 Å². The zero-order chi connectivity index (χ0) is 6.91. The fourth-order valence-electron chi connectivity index (χ4n) is 0.705. The van der Waals surface area contributed by atoms with Crippen LogP contribution in [-0.4, -0.2) is 51.4 Å². The van der Waals surface area contributed by atoms with Gasteiger partial charge in [0.2, 0.25) is 0 Å². The quantitative estimate of drug-likeness (QED) is 0.538. The van der Waals surface area contributed by atoms with Crippen LogP contribution in [0.25, 0.3) is 0 Å². The van der Waals surface area contributed by atoms with Crippen molar-refractivity contribution in [2.75, 3.05) is 0 Å². The van der Waals surface area contributed by atoms with E-state index in [1.165, 1.54) is 4.88 Å². The van der Waals surface area contributed by atoms with Crippen molar-refractivity contribution in [3.63, 3.8) is 0 Å². The zero-order valence-corrected chi connectivity index (χ0v) is 6.96. The van der Waals surface area contributed by atoms with Gasteiger partial charge in [-0.2, -0.15) is 0 Å². The van der Waals surface area contributed by atoms with Crippen LogP contribution in [0.5, 0.6) is 0 Å². The fraction of sp³-hybridized carbons (Fsp3) is 0.500. The van der Waals surface area contributed by atoms with E-state index in [0.29, 0.717) is 5.41 Å². The predicted molar refractivity (Wildman–Crippen MR) is 50.2 cm³/mol. The predicted octanol–water partition coefficient (Wildman–Crippen LogP) is 2.40. The van der Waals surface area contributed by atoms with Crippen molar-refractivity contribution in [1.82, 2.24) is 0 Å². The van der Waals surface area contributed by atoms with E-state index in [1.807, 2.05) is 11.3 Å². The molecule has 10 heavy (non-hydrogen) atoms. The van der Waals surface area contributed by atoms with Crippen molar-refractivity contribution >= 4 is 62.7 Å². The summed E-state index contributed by atoms with van der Waals surface area (Å²) in [5.41, 5.74) is 0.341. The third-order valence-corrected chi connectivity index (χ3v) is 2.56. The van der Waals surface area contributed by atoms with Gasteiger partial charge in [0.05, 0.1) is 0 Å². The molecule has 0 amide bonds. The van der Waals surface area contributed by atoms with Gasteiger partial charge in [-0.15, -0.1) is 11.3 Å². The molecule has 2 heteroatoms. The summed E-state index contributed by atoms with van der Waals surface area (Å²) in [4.78, 5) is 1.46. The Balaban J connectivity index is 0.000000810. The number of thiophene rings is 1. The molecule has 0 saturated heterocycles. The second-order valence-corrected chi connectivity index (χ2v) is 4.17. The molecular weight excluding hydrogens is 167 g/mol. The van der Waals surface area contributed by atoms with E-state index in [4.69, 9.17) is 0 Å². The Bertz CT molecular complexity index is 172. The normalized spacial score (nSPS) is 10.7. The van der Waals surface area contributed by atoms with Crippen LogP contribution in [0.4, 0.5) is 0 Å². The van der Waals surface area contributed by atoms with Crippen molar-refractivity contribution in [3.05, 3.63) is 22.4 Å². The van der Waals surface area contributed by atoms with Crippen molar-refractivity contribution in [2.24, 2.45) is 0 Å². The van der Waals surface area contributed by atoms with Gasteiger partial charge in [-0.1, -0.05) is 26.8 Å². The monoisotopic (exact) mass is 180 g/mol. The van der Waals surface area contributed by atoms with Crippen LogP contribution < -0.4 is 0 Å². The molecular formula is C8H13KS. The summed E-state index contributed by atoms with van der Waals surface area (Å²) in [6, 6.07) is 4.29. The van der Waals surface area contributed by atoms with Crippen LogP contribution >= 0.6 is 11.3 Å². The average Bonchev–Trinajstić information content (AvgIpc) is 2.08. The summed E-state index contributed by atoms with van der Waals surface area (Å²) in [6.45, 7) is 6.70. The molecule has 0 fully saturated rings. The van der Waals surface area contributed by atoms with Crippen LogP contribution in [0, 0.1) is 0 Å². The first-order chi connectivity index (χ1) is 4.11. The Morgan fingerprint density at radius 1 is 1.30 bits per heavy atom. The molecule has 0 spiro atoms. The molecule has 0 aromatic carbocycles. The van der Waals surface area contributed by atoms with Gasteiger partial charge in [-0.25, -0.2) is 0 Å². The molecule has 1 heterocycles. The fourth-order valence-corrected chi connectivity index (χ4v) is 1.52. The molecule has 0 saturated carbocycles. The van der Waals surface area contributed by atoms with Gasteiger partial charge in [-0.05, 0) is 16.9 Å².